The molecule has 0 bridgehead atoms. The molecule has 1 amide bonds. The number of aryl methyl sites for hydroxylation is 1. The van der Waals surface area contributed by atoms with Gasteiger partial charge in [-0.05, 0) is 31.5 Å². The average Bonchev–Trinajstić information content (AvgIpc) is 3.09. The first-order chi connectivity index (χ1) is 16.0. The van der Waals surface area contributed by atoms with E-state index in [4.69, 9.17) is 4.74 Å². The Morgan fingerprint density at radius 2 is 1.91 bits per heavy atom. The van der Waals surface area contributed by atoms with Crippen molar-refractivity contribution in [1.82, 2.24) is 14.3 Å². The zero-order chi connectivity index (χ0) is 25.2. The maximum Gasteiger partial charge on any atom is 0.422 e. The lowest BCUT2D eigenvalue weighted by Gasteiger charge is -2.16. The van der Waals surface area contributed by atoms with Gasteiger partial charge in [-0.2, -0.15) is 17.9 Å². The van der Waals surface area contributed by atoms with Crippen LogP contribution in [0, 0.1) is 18.6 Å². The number of aliphatic hydroxyl groups excluding tert-OH is 1. The molecule has 0 fully saturated rings. The zero-order valence-corrected chi connectivity index (χ0v) is 17.9. The molecule has 34 heavy (non-hydrogen) atoms. The molecular formula is C21H19F5N4O4. The van der Waals surface area contributed by atoms with Gasteiger partial charge < -0.3 is 15.2 Å². The second kappa shape index (κ2) is 9.63. The van der Waals surface area contributed by atoms with Crippen LogP contribution in [0.3, 0.4) is 0 Å². The van der Waals surface area contributed by atoms with Crippen LogP contribution in [0.1, 0.15) is 28.7 Å². The highest BCUT2D eigenvalue weighted by molar-refractivity contribution is 6.06. The monoisotopic (exact) mass is 486 g/mol. The van der Waals surface area contributed by atoms with Crippen molar-refractivity contribution in [3.8, 4) is 11.4 Å². The Morgan fingerprint density at radius 1 is 1.21 bits per heavy atom. The Hall–Kier alpha value is -3.74. The molecule has 1 heterocycles. The molecule has 0 saturated carbocycles. The number of nitrogens with zero attached hydrogens (tertiary/aromatic N) is 3. The van der Waals surface area contributed by atoms with Gasteiger partial charge in [0.1, 0.15) is 29.7 Å². The molecule has 2 aromatic carbocycles. The first kappa shape index (κ1) is 24.9. The Balaban J connectivity index is 2.12. The number of anilines is 1. The minimum atomic E-state index is -4.80. The van der Waals surface area contributed by atoms with Crippen LogP contribution >= 0.6 is 0 Å². The number of halogens is 5. The summed E-state index contributed by atoms with van der Waals surface area (Å²) in [6, 6.07) is 5.20. The minimum Gasteiger partial charge on any atom is -0.483 e. The molecule has 0 unspecified atom stereocenters. The number of benzene rings is 2. The highest BCUT2D eigenvalue weighted by Crippen LogP contribution is 2.29. The molecule has 182 valence electrons. The van der Waals surface area contributed by atoms with Crippen LogP contribution in [0.5, 0.6) is 5.75 Å². The molecule has 0 saturated heterocycles. The topological polar surface area (TPSA) is 98.4 Å². The normalized spacial score (nSPS) is 11.5. The second-order valence-corrected chi connectivity index (χ2v) is 7.10. The van der Waals surface area contributed by atoms with E-state index in [2.05, 4.69) is 10.4 Å². The summed E-state index contributed by atoms with van der Waals surface area (Å²) in [6.45, 7) is 0.655. The quantitative estimate of drug-likeness (QED) is 0.500. The fourth-order valence-corrected chi connectivity index (χ4v) is 3.16. The Kier molecular flexibility index (Phi) is 7.05. The van der Waals surface area contributed by atoms with Crippen molar-refractivity contribution in [2.45, 2.75) is 33.2 Å². The first-order valence-corrected chi connectivity index (χ1v) is 9.86. The fraction of sp³-hybridized carbons (Fsp3) is 0.286. The van der Waals surface area contributed by atoms with Crippen molar-refractivity contribution in [3.63, 3.8) is 0 Å². The van der Waals surface area contributed by atoms with Crippen molar-refractivity contribution >= 4 is 11.6 Å². The van der Waals surface area contributed by atoms with Crippen molar-refractivity contribution in [1.29, 1.82) is 0 Å². The molecule has 3 rings (SSSR count). The summed E-state index contributed by atoms with van der Waals surface area (Å²) in [4.78, 5) is 25.3. The lowest BCUT2D eigenvalue weighted by Crippen LogP contribution is -2.25. The molecule has 0 aliphatic rings. The second-order valence-electron chi connectivity index (χ2n) is 7.10. The number of carbonyl (C=O) groups is 1. The summed E-state index contributed by atoms with van der Waals surface area (Å²) in [5.41, 5.74) is -2.08. The predicted octanol–water partition coefficient (Wildman–Crippen LogP) is 3.33. The van der Waals surface area contributed by atoms with Crippen LogP contribution in [0.4, 0.5) is 27.6 Å². The SMILES string of the molecule is CCn1c(CO)nn(-c2cc(OCC(F)(F)F)c(C(=O)Nc3c(C)cccc3F)cc2F)c1=O. The van der Waals surface area contributed by atoms with Crippen LogP contribution in [-0.2, 0) is 13.2 Å². The van der Waals surface area contributed by atoms with Gasteiger partial charge in [-0.3, -0.25) is 9.36 Å². The summed E-state index contributed by atoms with van der Waals surface area (Å²) in [5, 5.41) is 15.4. The van der Waals surface area contributed by atoms with Crippen molar-refractivity contribution in [3.05, 3.63) is 69.4 Å². The zero-order valence-electron chi connectivity index (χ0n) is 17.9. The number of hydrogen-bond acceptors (Lipinski definition) is 5. The molecule has 1 aromatic heterocycles. The van der Waals surface area contributed by atoms with E-state index in [0.717, 1.165) is 10.6 Å². The van der Waals surface area contributed by atoms with E-state index in [1.165, 1.54) is 19.1 Å². The van der Waals surface area contributed by atoms with Crippen molar-refractivity contribution < 1.29 is 36.6 Å². The molecule has 0 spiro atoms. The van der Waals surface area contributed by atoms with Gasteiger partial charge in [-0.1, -0.05) is 12.1 Å². The summed E-state index contributed by atoms with van der Waals surface area (Å²) in [6.07, 6.45) is -4.80. The van der Waals surface area contributed by atoms with Gasteiger partial charge in [0, 0.05) is 12.6 Å². The largest absolute Gasteiger partial charge is 0.483 e. The maximum absolute atomic E-state index is 15.0. The minimum absolute atomic E-state index is 0.0796. The van der Waals surface area contributed by atoms with E-state index in [1.807, 2.05) is 0 Å². The van der Waals surface area contributed by atoms with Crippen LogP contribution in [0.25, 0.3) is 5.69 Å². The van der Waals surface area contributed by atoms with Crippen LogP contribution in [-0.4, -0.2) is 38.1 Å². The lowest BCUT2D eigenvalue weighted by atomic mass is 10.1. The highest BCUT2D eigenvalue weighted by Gasteiger charge is 2.30. The summed E-state index contributed by atoms with van der Waals surface area (Å²) >= 11 is 0. The number of ether oxygens (including phenoxy) is 1. The number of hydrogen-bond donors (Lipinski definition) is 2. The van der Waals surface area contributed by atoms with Gasteiger partial charge in [-0.15, -0.1) is 5.10 Å². The molecule has 0 radical (unpaired) electrons. The molecule has 8 nitrogen and oxygen atoms in total. The first-order valence-electron chi connectivity index (χ1n) is 9.86. The molecule has 0 aliphatic heterocycles. The van der Waals surface area contributed by atoms with Gasteiger partial charge in [0.05, 0.1) is 11.3 Å². The van der Waals surface area contributed by atoms with Gasteiger partial charge in [0.2, 0.25) is 0 Å². The van der Waals surface area contributed by atoms with E-state index in [0.29, 0.717) is 22.4 Å². The summed E-state index contributed by atoms with van der Waals surface area (Å²) < 4.78 is 73.7. The van der Waals surface area contributed by atoms with E-state index < -0.39 is 59.6 Å². The van der Waals surface area contributed by atoms with Gasteiger partial charge in [0.15, 0.2) is 12.4 Å². The number of carbonyl (C=O) groups excluding carboxylic acids is 1. The molecule has 3 aromatic rings. The summed E-state index contributed by atoms with van der Waals surface area (Å²) in [5.74, 6) is -3.97. The number of aliphatic hydroxyl groups is 1. The standard InChI is InChI=1S/C21H19F5N4O4/c1-3-29-17(9-31)28-30(20(29)33)15-8-16(34-10-21(24,25)26)12(7-14(15)23)19(32)27-18-11(2)5-4-6-13(18)22/h4-8,31H,3,9-10H2,1-2H3,(H,27,32). The predicted molar refractivity (Wildman–Crippen MR) is 110 cm³/mol. The molecule has 0 atom stereocenters. The third-order valence-electron chi connectivity index (χ3n) is 4.77. The van der Waals surface area contributed by atoms with Gasteiger partial charge in [0.25, 0.3) is 5.91 Å². The van der Waals surface area contributed by atoms with E-state index in [9.17, 15) is 36.6 Å². The molecular weight excluding hydrogens is 467 g/mol. The maximum atomic E-state index is 15.0. The van der Waals surface area contributed by atoms with E-state index >= 15 is 0 Å². The van der Waals surface area contributed by atoms with Crippen molar-refractivity contribution in [2.75, 3.05) is 11.9 Å². The third kappa shape index (κ3) is 5.09. The molecule has 2 N–H and O–H groups in total. The number of nitrogens with one attached hydrogen (secondary N) is 1. The number of para-hydroxylation sites is 1. The van der Waals surface area contributed by atoms with Gasteiger partial charge in [-0.25, -0.2) is 13.6 Å². The Bertz CT molecular complexity index is 1260. The van der Waals surface area contributed by atoms with E-state index in [-0.39, 0.29) is 18.1 Å². The Labute approximate surface area is 189 Å². The van der Waals surface area contributed by atoms with Gasteiger partial charge >= 0.3 is 11.9 Å². The highest BCUT2D eigenvalue weighted by atomic mass is 19.4. The smallest absolute Gasteiger partial charge is 0.422 e. The third-order valence-corrected chi connectivity index (χ3v) is 4.77. The van der Waals surface area contributed by atoms with Crippen LogP contribution in [0.15, 0.2) is 35.1 Å². The average molecular weight is 486 g/mol. The van der Waals surface area contributed by atoms with Crippen LogP contribution < -0.4 is 15.7 Å². The Morgan fingerprint density at radius 3 is 2.47 bits per heavy atom. The number of amides is 1. The fourth-order valence-electron chi connectivity index (χ4n) is 3.16. The summed E-state index contributed by atoms with van der Waals surface area (Å²) in [7, 11) is 0. The van der Waals surface area contributed by atoms with Crippen molar-refractivity contribution in [2.24, 2.45) is 0 Å². The molecule has 0 aliphatic carbocycles. The number of alkyl halides is 3. The lowest BCUT2D eigenvalue weighted by molar-refractivity contribution is -0.153. The number of rotatable bonds is 7. The van der Waals surface area contributed by atoms with Crippen LogP contribution in [0.2, 0.25) is 0 Å². The number of aromatic nitrogens is 3. The van der Waals surface area contributed by atoms with E-state index in [1.54, 1.807) is 6.92 Å². The molecule has 13 heteroatoms.